The van der Waals surface area contributed by atoms with E-state index < -0.39 is 9.84 Å². The number of rotatable bonds is 6. The highest BCUT2D eigenvalue weighted by Gasteiger charge is 2.26. The van der Waals surface area contributed by atoms with Gasteiger partial charge in [-0.2, -0.15) is 0 Å². The lowest BCUT2D eigenvalue weighted by molar-refractivity contribution is 0.115. The minimum atomic E-state index is -3.23. The van der Waals surface area contributed by atoms with Crippen molar-refractivity contribution in [3.63, 3.8) is 0 Å². The van der Waals surface area contributed by atoms with E-state index >= 15 is 0 Å². The molecular formula is C22H28N4O4S2. The maximum absolute atomic E-state index is 12.2. The van der Waals surface area contributed by atoms with Gasteiger partial charge in [0.15, 0.2) is 9.84 Å². The Bertz CT molecular complexity index is 1090. The molecular weight excluding hydrogens is 448 g/mol. The summed E-state index contributed by atoms with van der Waals surface area (Å²) in [5.74, 6) is 2.10. The molecule has 1 aromatic carbocycles. The zero-order valence-corrected chi connectivity index (χ0v) is 20.0. The topological polar surface area (TPSA) is 92.7 Å². The molecule has 4 rings (SSSR count). The number of amides is 1. The number of piperidine rings is 1. The second-order valence-electron chi connectivity index (χ2n) is 8.10. The number of carbonyl (C=O) groups is 1. The summed E-state index contributed by atoms with van der Waals surface area (Å²) in [5, 5.41) is 0.154. The predicted octanol–water partition coefficient (Wildman–Crippen LogP) is 3.68. The maximum atomic E-state index is 12.2. The lowest BCUT2D eigenvalue weighted by Gasteiger charge is -2.31. The van der Waals surface area contributed by atoms with Crippen LogP contribution in [0.4, 0.5) is 16.3 Å². The van der Waals surface area contributed by atoms with Crippen molar-refractivity contribution in [2.45, 2.75) is 43.6 Å². The van der Waals surface area contributed by atoms with Crippen molar-refractivity contribution in [3.8, 4) is 5.88 Å². The molecule has 1 saturated heterocycles. The van der Waals surface area contributed by atoms with Crippen LogP contribution in [-0.4, -0.2) is 66.3 Å². The van der Waals surface area contributed by atoms with Gasteiger partial charge in [-0.25, -0.2) is 18.4 Å². The van der Waals surface area contributed by atoms with E-state index in [0.717, 1.165) is 55.0 Å². The fraction of sp³-hybridized carbons (Fsp3) is 0.500. The fourth-order valence-corrected chi connectivity index (χ4v) is 5.41. The molecule has 0 bridgehead atoms. The van der Waals surface area contributed by atoms with Gasteiger partial charge in [0.25, 0.3) is 5.24 Å². The van der Waals surface area contributed by atoms with E-state index in [1.54, 1.807) is 12.1 Å². The summed E-state index contributed by atoms with van der Waals surface area (Å²) in [6.07, 6.45) is 6.03. The SMILES string of the molecule is CCCSC(=O)N1CCC(Oc2cc(N3CCc4cc(S(C)(=O)=O)ccc43)ncn2)CC1. The van der Waals surface area contributed by atoms with Gasteiger partial charge in [-0.1, -0.05) is 18.7 Å². The number of sulfone groups is 1. The second-order valence-corrected chi connectivity index (χ2v) is 11.2. The fourth-order valence-electron chi connectivity index (χ4n) is 4.00. The lowest BCUT2D eigenvalue weighted by atomic mass is 10.1. The van der Waals surface area contributed by atoms with Crippen LogP contribution in [0.5, 0.6) is 5.88 Å². The van der Waals surface area contributed by atoms with Crippen LogP contribution in [0.2, 0.25) is 0 Å². The van der Waals surface area contributed by atoms with E-state index in [9.17, 15) is 13.2 Å². The predicted molar refractivity (Wildman–Crippen MR) is 126 cm³/mol. The van der Waals surface area contributed by atoms with Gasteiger partial charge in [-0.3, -0.25) is 4.79 Å². The first kappa shape index (κ1) is 22.8. The Morgan fingerprint density at radius 2 is 1.97 bits per heavy atom. The van der Waals surface area contributed by atoms with E-state index in [-0.39, 0.29) is 11.3 Å². The standard InChI is InChI=1S/C22H28N4O4S2/c1-3-12-31-22(27)25-9-7-17(8-10-25)30-21-14-20(23-15-24-21)26-11-6-16-13-18(32(2,28)29)4-5-19(16)26/h4-5,13-15,17H,3,6-12H2,1-2H3. The van der Waals surface area contributed by atoms with Gasteiger partial charge in [0.1, 0.15) is 18.2 Å². The van der Waals surface area contributed by atoms with Gasteiger partial charge < -0.3 is 14.5 Å². The molecule has 1 aromatic heterocycles. The molecule has 0 spiro atoms. The minimum absolute atomic E-state index is 0.0150. The number of hydrogen-bond acceptors (Lipinski definition) is 8. The number of fused-ring (bicyclic) bond motifs is 1. The van der Waals surface area contributed by atoms with E-state index in [4.69, 9.17) is 4.74 Å². The molecule has 172 valence electrons. The van der Waals surface area contributed by atoms with E-state index in [1.165, 1.54) is 24.3 Å². The number of thioether (sulfide) groups is 1. The molecule has 2 aliphatic heterocycles. The molecule has 32 heavy (non-hydrogen) atoms. The Morgan fingerprint density at radius 3 is 2.69 bits per heavy atom. The third kappa shape index (κ3) is 5.17. The zero-order valence-electron chi connectivity index (χ0n) is 18.4. The highest BCUT2D eigenvalue weighted by atomic mass is 32.2. The first-order chi connectivity index (χ1) is 15.3. The quantitative estimate of drug-likeness (QED) is 0.623. The van der Waals surface area contributed by atoms with Crippen molar-refractivity contribution in [3.05, 3.63) is 36.2 Å². The monoisotopic (exact) mass is 476 g/mol. The van der Waals surface area contributed by atoms with Gasteiger partial charge in [0.2, 0.25) is 5.88 Å². The number of aromatic nitrogens is 2. The summed E-state index contributed by atoms with van der Waals surface area (Å²) in [6.45, 7) is 4.18. The Labute approximate surface area is 193 Å². The number of benzene rings is 1. The molecule has 10 heteroatoms. The van der Waals surface area contributed by atoms with Crippen LogP contribution in [0, 0.1) is 0 Å². The molecule has 0 aliphatic carbocycles. The molecule has 1 fully saturated rings. The van der Waals surface area contributed by atoms with Crippen molar-refractivity contribution < 1.29 is 17.9 Å². The first-order valence-corrected chi connectivity index (χ1v) is 13.7. The van der Waals surface area contributed by atoms with Crippen LogP contribution >= 0.6 is 11.8 Å². The van der Waals surface area contributed by atoms with Crippen LogP contribution in [0.25, 0.3) is 0 Å². The van der Waals surface area contributed by atoms with Gasteiger partial charge in [-0.15, -0.1) is 0 Å². The van der Waals surface area contributed by atoms with Crippen molar-refractivity contribution in [1.82, 2.24) is 14.9 Å². The van der Waals surface area contributed by atoms with Crippen molar-refractivity contribution >= 4 is 38.3 Å². The summed E-state index contributed by atoms with van der Waals surface area (Å²) in [4.78, 5) is 25.2. The van der Waals surface area contributed by atoms with E-state index in [1.807, 2.05) is 17.0 Å². The maximum Gasteiger partial charge on any atom is 0.281 e. The summed E-state index contributed by atoms with van der Waals surface area (Å²) in [5.41, 5.74) is 1.95. The smallest absolute Gasteiger partial charge is 0.281 e. The number of likely N-dealkylation sites (tertiary alicyclic amines) is 1. The molecule has 2 aromatic rings. The summed E-state index contributed by atoms with van der Waals surface area (Å²) >= 11 is 1.39. The van der Waals surface area contributed by atoms with Crippen LogP contribution in [0.1, 0.15) is 31.7 Å². The van der Waals surface area contributed by atoms with Gasteiger partial charge in [0, 0.05) is 56.2 Å². The largest absolute Gasteiger partial charge is 0.474 e. The highest BCUT2D eigenvalue weighted by Crippen LogP contribution is 2.35. The average Bonchev–Trinajstić information content (AvgIpc) is 3.21. The molecule has 0 unspecified atom stereocenters. The normalized spacial score (nSPS) is 16.8. The van der Waals surface area contributed by atoms with Crippen molar-refractivity contribution in [1.29, 1.82) is 0 Å². The molecule has 3 heterocycles. The van der Waals surface area contributed by atoms with Crippen LogP contribution in [0.15, 0.2) is 35.5 Å². The van der Waals surface area contributed by atoms with Crippen molar-refractivity contribution in [2.75, 3.05) is 36.5 Å². The van der Waals surface area contributed by atoms with E-state index in [0.29, 0.717) is 23.9 Å². The third-order valence-corrected chi connectivity index (χ3v) is 7.92. The Hall–Kier alpha value is -2.33. The second kappa shape index (κ2) is 9.66. The van der Waals surface area contributed by atoms with Gasteiger partial charge in [-0.05, 0) is 36.6 Å². The summed E-state index contributed by atoms with van der Waals surface area (Å²) < 4.78 is 29.8. The lowest BCUT2D eigenvalue weighted by Crippen LogP contribution is -2.40. The summed E-state index contributed by atoms with van der Waals surface area (Å²) in [7, 11) is -3.23. The summed E-state index contributed by atoms with van der Waals surface area (Å²) in [6, 6.07) is 7.05. The molecule has 0 N–H and O–H groups in total. The number of hydrogen-bond donors (Lipinski definition) is 0. The number of anilines is 2. The molecule has 1 amide bonds. The van der Waals surface area contributed by atoms with Crippen molar-refractivity contribution in [2.24, 2.45) is 0 Å². The first-order valence-electron chi connectivity index (χ1n) is 10.9. The highest BCUT2D eigenvalue weighted by molar-refractivity contribution is 8.13. The Morgan fingerprint density at radius 1 is 1.19 bits per heavy atom. The average molecular weight is 477 g/mol. The van der Waals surface area contributed by atoms with Gasteiger partial charge in [0.05, 0.1) is 4.90 Å². The zero-order chi connectivity index (χ0) is 22.7. The number of carbonyl (C=O) groups excluding carboxylic acids is 1. The number of ether oxygens (including phenoxy) is 1. The minimum Gasteiger partial charge on any atom is -0.474 e. The Balaban J connectivity index is 1.40. The molecule has 0 saturated carbocycles. The molecule has 0 atom stereocenters. The molecule has 2 aliphatic rings. The van der Waals surface area contributed by atoms with Crippen LogP contribution < -0.4 is 9.64 Å². The number of nitrogens with zero attached hydrogens (tertiary/aromatic N) is 4. The molecule has 8 nitrogen and oxygen atoms in total. The van der Waals surface area contributed by atoms with E-state index in [2.05, 4.69) is 21.8 Å². The van der Waals surface area contributed by atoms with Crippen LogP contribution in [0.3, 0.4) is 0 Å². The van der Waals surface area contributed by atoms with Crippen LogP contribution in [-0.2, 0) is 16.3 Å². The third-order valence-electron chi connectivity index (χ3n) is 5.70. The van der Waals surface area contributed by atoms with Gasteiger partial charge >= 0.3 is 0 Å². The Kier molecular flexibility index (Phi) is 6.90. The molecule has 0 radical (unpaired) electrons.